The Balaban J connectivity index is 1.66. The van der Waals surface area contributed by atoms with E-state index in [0.717, 1.165) is 41.4 Å². The number of aromatic nitrogens is 1. The summed E-state index contributed by atoms with van der Waals surface area (Å²) in [5.41, 5.74) is 0.834. The molecule has 0 aromatic carbocycles. The van der Waals surface area contributed by atoms with E-state index < -0.39 is 0 Å². The molecule has 4 nitrogen and oxygen atoms in total. The second-order valence-corrected chi connectivity index (χ2v) is 9.28. The summed E-state index contributed by atoms with van der Waals surface area (Å²) in [5.74, 6) is 0.0216. The van der Waals surface area contributed by atoms with Crippen molar-refractivity contribution in [3.8, 4) is 0 Å². The van der Waals surface area contributed by atoms with Gasteiger partial charge in [-0.05, 0) is 64.9 Å². The van der Waals surface area contributed by atoms with Crippen LogP contribution in [0, 0.1) is 6.92 Å². The Morgan fingerprint density at radius 2 is 2.07 bits per heavy atom. The van der Waals surface area contributed by atoms with Gasteiger partial charge in [-0.3, -0.25) is 4.79 Å². The molecule has 0 spiro atoms. The number of carbonyl (C=O) groups is 1. The number of thioether (sulfide) groups is 1. The third-order valence-electron chi connectivity index (χ3n) is 5.03. The van der Waals surface area contributed by atoms with Crippen LogP contribution in [0.2, 0.25) is 0 Å². The zero-order chi connectivity index (χ0) is 20.9. The number of hydrogen-bond acceptors (Lipinski definition) is 5. The summed E-state index contributed by atoms with van der Waals surface area (Å²) in [7, 11) is 0. The molecule has 1 aliphatic heterocycles. The highest BCUT2D eigenvalue weighted by atomic mass is 32.2. The third kappa shape index (κ3) is 8.89. The van der Waals surface area contributed by atoms with Crippen LogP contribution >= 0.6 is 23.1 Å². The largest absolute Gasteiger partial charge is 0.351 e. The molecule has 0 aliphatic carbocycles. The van der Waals surface area contributed by atoms with Crippen LogP contribution in [-0.2, 0) is 6.42 Å². The lowest BCUT2D eigenvalue weighted by molar-refractivity contribution is 0.0956. The van der Waals surface area contributed by atoms with Crippen molar-refractivity contribution in [2.45, 2.75) is 51.9 Å². The van der Waals surface area contributed by atoms with Crippen molar-refractivity contribution in [3.63, 3.8) is 0 Å². The number of rotatable bonds is 13. The average molecular weight is 434 g/mol. The van der Waals surface area contributed by atoms with Gasteiger partial charge in [-0.2, -0.15) is 0 Å². The molecule has 160 valence electrons. The molecule has 1 aromatic heterocycles. The van der Waals surface area contributed by atoms with E-state index >= 15 is 0 Å². The number of allylic oxidation sites excluding steroid dienone is 4. The second-order valence-electron chi connectivity index (χ2n) is 7.31. The molecule has 0 saturated carbocycles. The van der Waals surface area contributed by atoms with E-state index in [9.17, 15) is 4.79 Å². The van der Waals surface area contributed by atoms with Crippen LogP contribution in [0.3, 0.4) is 0 Å². The molecule has 1 aliphatic rings. The smallest absolute Gasteiger partial charge is 0.263 e. The molecule has 1 saturated heterocycles. The minimum Gasteiger partial charge on any atom is -0.351 e. The van der Waals surface area contributed by atoms with Gasteiger partial charge in [-0.1, -0.05) is 37.3 Å². The maximum absolute atomic E-state index is 12.5. The van der Waals surface area contributed by atoms with Crippen LogP contribution in [-0.4, -0.2) is 48.2 Å². The van der Waals surface area contributed by atoms with Crippen LogP contribution in [0.25, 0.3) is 0 Å². The summed E-state index contributed by atoms with van der Waals surface area (Å²) >= 11 is 3.21. The zero-order valence-corrected chi connectivity index (χ0v) is 19.5. The lowest BCUT2D eigenvalue weighted by Crippen LogP contribution is -2.24. The maximum Gasteiger partial charge on any atom is 0.263 e. The Hall–Kier alpha value is -1.37. The van der Waals surface area contributed by atoms with Crippen molar-refractivity contribution in [3.05, 3.63) is 51.4 Å². The Kier molecular flexibility index (Phi) is 11.4. The fraction of sp³-hybridized carbons (Fsp3) is 0.565. The Morgan fingerprint density at radius 1 is 1.28 bits per heavy atom. The van der Waals surface area contributed by atoms with Gasteiger partial charge in [0, 0.05) is 17.9 Å². The number of hydrogen-bond donors (Lipinski definition) is 1. The van der Waals surface area contributed by atoms with Crippen molar-refractivity contribution in [1.82, 2.24) is 15.2 Å². The fourth-order valence-corrected chi connectivity index (χ4v) is 4.78. The molecular formula is C23H35N3OS2. The lowest BCUT2D eigenvalue weighted by atomic mass is 10.2. The summed E-state index contributed by atoms with van der Waals surface area (Å²) in [5, 5.41) is 4.06. The molecular weight excluding hydrogens is 398 g/mol. The van der Waals surface area contributed by atoms with E-state index in [1.54, 1.807) is 11.8 Å². The quantitative estimate of drug-likeness (QED) is 0.258. The number of nitrogens with one attached hydrogen (secondary N) is 1. The van der Waals surface area contributed by atoms with Gasteiger partial charge in [0.15, 0.2) is 0 Å². The molecule has 0 atom stereocenters. The van der Waals surface area contributed by atoms with Crippen molar-refractivity contribution < 1.29 is 4.79 Å². The fourth-order valence-electron chi connectivity index (χ4n) is 3.39. The van der Waals surface area contributed by atoms with Crippen molar-refractivity contribution in [2.75, 3.05) is 32.4 Å². The van der Waals surface area contributed by atoms with Crippen LogP contribution in [0.5, 0.6) is 0 Å². The van der Waals surface area contributed by atoms with Crippen LogP contribution in [0.4, 0.5) is 0 Å². The van der Waals surface area contributed by atoms with Crippen LogP contribution < -0.4 is 5.32 Å². The number of unbranched alkanes of at least 4 members (excludes halogenated alkanes) is 2. The van der Waals surface area contributed by atoms with E-state index in [-0.39, 0.29) is 5.91 Å². The first-order chi connectivity index (χ1) is 14.1. The van der Waals surface area contributed by atoms with E-state index in [1.807, 2.05) is 13.0 Å². The van der Waals surface area contributed by atoms with Crippen molar-refractivity contribution in [1.29, 1.82) is 0 Å². The summed E-state index contributed by atoms with van der Waals surface area (Å²) < 4.78 is 0. The first-order valence-electron chi connectivity index (χ1n) is 10.6. The molecule has 6 heteroatoms. The topological polar surface area (TPSA) is 45.2 Å². The van der Waals surface area contributed by atoms with Crippen molar-refractivity contribution >= 4 is 29.0 Å². The summed E-state index contributed by atoms with van der Waals surface area (Å²) in [4.78, 5) is 21.5. The van der Waals surface area contributed by atoms with Gasteiger partial charge in [0.2, 0.25) is 0 Å². The predicted octanol–water partition coefficient (Wildman–Crippen LogP) is 5.37. The van der Waals surface area contributed by atoms with E-state index in [0.29, 0.717) is 0 Å². The molecule has 1 amide bonds. The SMILES string of the molecule is C=C/C(=C\C/C=C\Cc1nc(C)c(C(=O)NCCCCCN2CCCC2)s1)SC. The number of amides is 1. The molecule has 2 rings (SSSR count). The Morgan fingerprint density at radius 3 is 2.79 bits per heavy atom. The molecule has 1 fully saturated rings. The first-order valence-corrected chi connectivity index (χ1v) is 12.7. The molecule has 0 radical (unpaired) electrons. The molecule has 0 bridgehead atoms. The van der Waals surface area contributed by atoms with Gasteiger partial charge < -0.3 is 10.2 Å². The number of thiazole rings is 1. The molecule has 2 heterocycles. The highest BCUT2D eigenvalue weighted by Gasteiger charge is 2.14. The van der Waals surface area contributed by atoms with E-state index in [4.69, 9.17) is 0 Å². The Labute approximate surface area is 184 Å². The number of aryl methyl sites for hydroxylation is 1. The normalized spacial score (nSPS) is 15.3. The Bertz CT molecular complexity index is 703. The molecule has 29 heavy (non-hydrogen) atoms. The van der Waals surface area contributed by atoms with Crippen molar-refractivity contribution in [2.24, 2.45) is 0 Å². The van der Waals surface area contributed by atoms with E-state index in [1.165, 1.54) is 61.6 Å². The summed E-state index contributed by atoms with van der Waals surface area (Å²) in [6.45, 7) is 10.2. The predicted molar refractivity (Wildman–Crippen MR) is 128 cm³/mol. The number of likely N-dealkylation sites (tertiary alicyclic amines) is 1. The maximum atomic E-state index is 12.5. The summed E-state index contributed by atoms with van der Waals surface area (Å²) in [6.07, 6.45) is 18.2. The van der Waals surface area contributed by atoms with Gasteiger partial charge in [-0.15, -0.1) is 23.1 Å². The average Bonchev–Trinajstić information content (AvgIpc) is 3.37. The van der Waals surface area contributed by atoms with Gasteiger partial charge in [-0.25, -0.2) is 4.98 Å². The third-order valence-corrected chi connectivity index (χ3v) is 7.02. The van der Waals surface area contributed by atoms with Gasteiger partial charge in [0.05, 0.1) is 10.7 Å². The molecule has 0 unspecified atom stereocenters. The summed E-state index contributed by atoms with van der Waals surface area (Å²) in [6, 6.07) is 0. The van der Waals surface area contributed by atoms with Gasteiger partial charge in [0.1, 0.15) is 4.88 Å². The number of carbonyl (C=O) groups excluding carboxylic acids is 1. The minimum atomic E-state index is 0.0216. The molecule has 1 N–H and O–H groups in total. The lowest BCUT2D eigenvalue weighted by Gasteiger charge is -2.13. The van der Waals surface area contributed by atoms with Gasteiger partial charge >= 0.3 is 0 Å². The van der Waals surface area contributed by atoms with Gasteiger partial charge in [0.25, 0.3) is 5.91 Å². The highest BCUT2D eigenvalue weighted by molar-refractivity contribution is 8.02. The standard InChI is InChI=1S/C23H35N3OS2/c1-4-20(28-3)13-7-5-8-14-21-25-19(2)22(29-21)23(27)24-15-9-6-10-16-26-17-11-12-18-26/h4-5,8,13H,1,6-7,9-12,14-18H2,2-3H3,(H,24,27)/b8-5-,20-13+. The zero-order valence-electron chi connectivity index (χ0n) is 17.9. The highest BCUT2D eigenvalue weighted by Crippen LogP contribution is 2.19. The number of nitrogens with zero attached hydrogens (tertiary/aromatic N) is 2. The first kappa shape index (κ1) is 23.9. The van der Waals surface area contributed by atoms with Crippen LogP contribution in [0.15, 0.2) is 35.8 Å². The monoisotopic (exact) mass is 433 g/mol. The minimum absolute atomic E-state index is 0.0216. The van der Waals surface area contributed by atoms with E-state index in [2.05, 4.69) is 46.3 Å². The second kappa shape index (κ2) is 13.8. The van der Waals surface area contributed by atoms with Crippen LogP contribution in [0.1, 0.15) is 58.9 Å². The molecule has 1 aromatic rings.